The molecular formula is C11H10N4O4. The number of nitrogens with one attached hydrogen (secondary N) is 2. The van der Waals surface area contributed by atoms with Crippen molar-refractivity contribution in [2.24, 2.45) is 0 Å². The van der Waals surface area contributed by atoms with Gasteiger partial charge in [-0.25, -0.2) is 4.98 Å². The van der Waals surface area contributed by atoms with Gasteiger partial charge in [-0.15, -0.1) is 0 Å². The lowest BCUT2D eigenvalue weighted by molar-refractivity contribution is -0.385. The third-order valence-electron chi connectivity index (χ3n) is 2.43. The Labute approximate surface area is 107 Å². The van der Waals surface area contributed by atoms with E-state index in [9.17, 15) is 20.0 Å². The minimum atomic E-state index is -0.721. The molecule has 1 aromatic heterocycles. The van der Waals surface area contributed by atoms with Crippen molar-refractivity contribution < 1.29 is 14.8 Å². The topological polar surface area (TPSA) is 121 Å². The van der Waals surface area contributed by atoms with E-state index in [0.29, 0.717) is 0 Å². The molecule has 2 rings (SSSR count). The number of phenolic OH excluding ortho intramolecular Hbond substituents is 1. The van der Waals surface area contributed by atoms with Crippen LogP contribution in [0.15, 0.2) is 30.7 Å². The Morgan fingerprint density at radius 2 is 2.32 bits per heavy atom. The fourth-order valence-electron chi connectivity index (χ4n) is 1.48. The molecule has 0 spiro atoms. The van der Waals surface area contributed by atoms with E-state index in [4.69, 9.17) is 0 Å². The van der Waals surface area contributed by atoms with Gasteiger partial charge < -0.3 is 15.4 Å². The van der Waals surface area contributed by atoms with Gasteiger partial charge in [0, 0.05) is 17.8 Å². The molecule has 1 heterocycles. The van der Waals surface area contributed by atoms with Crippen LogP contribution in [0, 0.1) is 10.1 Å². The van der Waals surface area contributed by atoms with Crippen LogP contribution in [0.5, 0.6) is 5.75 Å². The summed E-state index contributed by atoms with van der Waals surface area (Å²) in [5.74, 6) is -0.987. The molecule has 2 aromatic rings. The fourth-order valence-corrected chi connectivity index (χ4v) is 1.48. The number of nitro groups is 1. The van der Waals surface area contributed by atoms with E-state index < -0.39 is 22.3 Å². The summed E-state index contributed by atoms with van der Waals surface area (Å²) in [6.07, 6.45) is 3.05. The highest BCUT2D eigenvalue weighted by atomic mass is 16.6. The molecule has 0 bridgehead atoms. The van der Waals surface area contributed by atoms with E-state index in [-0.39, 0.29) is 12.1 Å². The lowest BCUT2D eigenvalue weighted by Gasteiger charge is -2.04. The van der Waals surface area contributed by atoms with Gasteiger partial charge >= 0.3 is 5.69 Å². The summed E-state index contributed by atoms with van der Waals surface area (Å²) < 4.78 is 0. The van der Waals surface area contributed by atoms with Gasteiger partial charge in [0.05, 0.1) is 23.5 Å². The molecule has 0 aliphatic heterocycles. The molecule has 0 saturated heterocycles. The number of H-pyrrole nitrogens is 1. The van der Waals surface area contributed by atoms with Crippen molar-refractivity contribution in [3.63, 3.8) is 0 Å². The van der Waals surface area contributed by atoms with Crippen LogP contribution in [0.25, 0.3) is 0 Å². The number of aromatic hydroxyl groups is 1. The summed E-state index contributed by atoms with van der Waals surface area (Å²) in [4.78, 5) is 28.2. The molecule has 1 amide bonds. The van der Waals surface area contributed by atoms with Crippen LogP contribution in [0.2, 0.25) is 0 Å². The summed E-state index contributed by atoms with van der Waals surface area (Å²) in [6.45, 7) is 0.247. The third-order valence-corrected chi connectivity index (χ3v) is 2.43. The van der Waals surface area contributed by atoms with Gasteiger partial charge in [-0.2, -0.15) is 0 Å². The van der Waals surface area contributed by atoms with Gasteiger partial charge in [0.25, 0.3) is 5.91 Å². The van der Waals surface area contributed by atoms with Crippen molar-refractivity contribution in [3.8, 4) is 5.75 Å². The largest absolute Gasteiger partial charge is 0.502 e. The minimum Gasteiger partial charge on any atom is -0.502 e. The molecule has 0 saturated carbocycles. The van der Waals surface area contributed by atoms with E-state index in [2.05, 4.69) is 15.3 Å². The molecule has 8 nitrogen and oxygen atoms in total. The first kappa shape index (κ1) is 12.6. The van der Waals surface area contributed by atoms with Crippen LogP contribution in [0.3, 0.4) is 0 Å². The quantitative estimate of drug-likeness (QED) is 0.559. The Kier molecular flexibility index (Phi) is 3.42. The predicted molar refractivity (Wildman–Crippen MR) is 64.5 cm³/mol. The number of nitrogens with zero attached hydrogens (tertiary/aromatic N) is 2. The monoisotopic (exact) mass is 262 g/mol. The Morgan fingerprint density at radius 1 is 1.53 bits per heavy atom. The Morgan fingerprint density at radius 3 is 2.89 bits per heavy atom. The number of carbonyl (C=O) groups is 1. The fraction of sp³-hybridized carbons (Fsp3) is 0.0909. The maximum Gasteiger partial charge on any atom is 0.310 e. The molecule has 0 atom stereocenters. The van der Waals surface area contributed by atoms with Crippen molar-refractivity contribution in [2.75, 3.05) is 0 Å². The second-order valence-electron chi connectivity index (χ2n) is 3.72. The van der Waals surface area contributed by atoms with E-state index in [1.54, 1.807) is 6.20 Å². The first-order valence-corrected chi connectivity index (χ1v) is 5.31. The average Bonchev–Trinajstić information content (AvgIpc) is 2.88. The lowest BCUT2D eigenvalue weighted by atomic mass is 10.2. The summed E-state index contributed by atoms with van der Waals surface area (Å²) in [7, 11) is 0. The van der Waals surface area contributed by atoms with Crippen molar-refractivity contribution in [1.82, 2.24) is 15.3 Å². The average molecular weight is 262 g/mol. The number of aromatic nitrogens is 2. The van der Waals surface area contributed by atoms with Gasteiger partial charge in [-0.1, -0.05) is 0 Å². The standard InChI is InChI=1S/C11H10N4O4/c16-10-3-7(1-2-9(10)15(18)19)11(17)13-5-8-4-12-6-14-8/h1-4,6,16H,5H2,(H,12,14)(H,13,17). The number of phenols is 1. The lowest BCUT2D eigenvalue weighted by Crippen LogP contribution is -2.22. The van der Waals surface area contributed by atoms with Crippen LogP contribution in [0.1, 0.15) is 16.1 Å². The molecule has 3 N–H and O–H groups in total. The van der Waals surface area contributed by atoms with Crippen molar-refractivity contribution >= 4 is 11.6 Å². The van der Waals surface area contributed by atoms with Crippen molar-refractivity contribution in [2.45, 2.75) is 6.54 Å². The van der Waals surface area contributed by atoms with E-state index in [1.165, 1.54) is 12.4 Å². The second kappa shape index (κ2) is 5.17. The molecular weight excluding hydrogens is 252 g/mol. The van der Waals surface area contributed by atoms with Gasteiger partial charge in [-0.3, -0.25) is 14.9 Å². The minimum absolute atomic E-state index is 0.141. The molecule has 0 fully saturated rings. The maximum absolute atomic E-state index is 11.7. The summed E-state index contributed by atoms with van der Waals surface area (Å²) in [5, 5.41) is 22.5. The zero-order valence-corrected chi connectivity index (χ0v) is 9.66. The third kappa shape index (κ3) is 2.86. The van der Waals surface area contributed by atoms with Crippen molar-refractivity contribution in [1.29, 1.82) is 0 Å². The molecule has 0 unspecified atom stereocenters. The highest BCUT2D eigenvalue weighted by Crippen LogP contribution is 2.26. The zero-order chi connectivity index (χ0) is 13.8. The second-order valence-corrected chi connectivity index (χ2v) is 3.72. The van der Waals surface area contributed by atoms with Crippen LogP contribution >= 0.6 is 0 Å². The number of aromatic amines is 1. The van der Waals surface area contributed by atoms with Gasteiger partial charge in [0.1, 0.15) is 0 Å². The van der Waals surface area contributed by atoms with Crippen LogP contribution in [0.4, 0.5) is 5.69 Å². The molecule has 98 valence electrons. The van der Waals surface area contributed by atoms with Crippen molar-refractivity contribution in [3.05, 3.63) is 52.1 Å². The summed E-state index contributed by atoms with van der Waals surface area (Å²) >= 11 is 0. The zero-order valence-electron chi connectivity index (χ0n) is 9.66. The summed E-state index contributed by atoms with van der Waals surface area (Å²) in [6, 6.07) is 3.42. The number of rotatable bonds is 4. The number of amides is 1. The first-order valence-electron chi connectivity index (χ1n) is 5.31. The number of hydrogen-bond donors (Lipinski definition) is 3. The molecule has 0 aliphatic carbocycles. The highest BCUT2D eigenvalue weighted by Gasteiger charge is 2.15. The first-order chi connectivity index (χ1) is 9.08. The predicted octanol–water partition coefficient (Wildman–Crippen LogP) is 0.954. The van der Waals surface area contributed by atoms with Gasteiger partial charge in [0.15, 0.2) is 5.75 Å². The van der Waals surface area contributed by atoms with E-state index in [0.717, 1.165) is 17.8 Å². The van der Waals surface area contributed by atoms with Gasteiger partial charge in [-0.05, 0) is 12.1 Å². The number of hydrogen-bond acceptors (Lipinski definition) is 5. The number of nitro benzene ring substituents is 1. The van der Waals surface area contributed by atoms with E-state index in [1.807, 2.05) is 0 Å². The summed E-state index contributed by atoms with van der Waals surface area (Å²) in [5.41, 5.74) is 0.423. The SMILES string of the molecule is O=C(NCc1cnc[nH]1)c1ccc([N+](=O)[O-])c(O)c1. The molecule has 8 heteroatoms. The highest BCUT2D eigenvalue weighted by molar-refractivity contribution is 5.94. The maximum atomic E-state index is 11.7. The van der Waals surface area contributed by atoms with Crippen LogP contribution in [-0.4, -0.2) is 25.9 Å². The normalized spacial score (nSPS) is 10.1. The van der Waals surface area contributed by atoms with E-state index >= 15 is 0 Å². The van der Waals surface area contributed by atoms with Gasteiger partial charge in [0.2, 0.25) is 0 Å². The molecule has 0 radical (unpaired) electrons. The number of benzene rings is 1. The Balaban J connectivity index is 2.07. The van der Waals surface area contributed by atoms with Crippen LogP contribution in [-0.2, 0) is 6.54 Å². The Hall–Kier alpha value is -2.90. The molecule has 19 heavy (non-hydrogen) atoms. The van der Waals surface area contributed by atoms with Crippen LogP contribution < -0.4 is 5.32 Å². The number of carbonyl (C=O) groups excluding carboxylic acids is 1. The smallest absolute Gasteiger partial charge is 0.310 e. The molecule has 1 aromatic carbocycles. The molecule has 0 aliphatic rings. The Bertz CT molecular complexity index is 609. The number of imidazole rings is 1.